The van der Waals surface area contributed by atoms with Gasteiger partial charge in [-0.15, -0.1) is 11.3 Å². The lowest BCUT2D eigenvalue weighted by atomic mass is 10.1. The number of thiophene rings is 1. The molecule has 1 aliphatic heterocycles. The Morgan fingerprint density at radius 1 is 1.19 bits per heavy atom. The standard InChI is InChI=1S/C19H18N4O2S/c24-11-12-10-16-17(26-12)19(23-6-8-25-9-7-23)22-18(21-16)14-2-1-3-15-13(14)4-5-20-15/h1-5,10,20,24H,6-9,11H2. The number of aromatic nitrogens is 3. The van der Waals surface area contributed by atoms with E-state index in [9.17, 15) is 5.11 Å². The number of aliphatic hydroxyl groups excluding tert-OH is 1. The van der Waals surface area contributed by atoms with E-state index in [4.69, 9.17) is 14.7 Å². The molecule has 5 rings (SSSR count). The van der Waals surface area contributed by atoms with Gasteiger partial charge in [-0.05, 0) is 18.2 Å². The lowest BCUT2D eigenvalue weighted by molar-refractivity contribution is 0.122. The number of H-pyrrole nitrogens is 1. The van der Waals surface area contributed by atoms with Crippen LogP contribution in [0.2, 0.25) is 0 Å². The molecule has 1 aromatic carbocycles. The largest absolute Gasteiger partial charge is 0.391 e. The van der Waals surface area contributed by atoms with E-state index in [2.05, 4.69) is 28.1 Å². The Morgan fingerprint density at radius 3 is 2.92 bits per heavy atom. The number of fused-ring (bicyclic) bond motifs is 2. The highest BCUT2D eigenvalue weighted by molar-refractivity contribution is 7.19. The summed E-state index contributed by atoms with van der Waals surface area (Å²) in [7, 11) is 0. The van der Waals surface area contributed by atoms with Gasteiger partial charge in [0.25, 0.3) is 0 Å². The number of aromatic amines is 1. The van der Waals surface area contributed by atoms with E-state index in [1.54, 1.807) is 11.3 Å². The molecule has 1 aliphatic rings. The minimum atomic E-state index is 0.0201. The Morgan fingerprint density at radius 2 is 2.08 bits per heavy atom. The van der Waals surface area contributed by atoms with Crippen molar-refractivity contribution in [1.29, 1.82) is 0 Å². The first-order valence-electron chi connectivity index (χ1n) is 8.64. The summed E-state index contributed by atoms with van der Waals surface area (Å²) >= 11 is 1.56. The summed E-state index contributed by atoms with van der Waals surface area (Å²) in [6, 6.07) is 10.1. The summed E-state index contributed by atoms with van der Waals surface area (Å²) in [5, 5.41) is 10.7. The number of nitrogens with zero attached hydrogens (tertiary/aromatic N) is 3. The zero-order valence-corrected chi connectivity index (χ0v) is 14.9. The highest BCUT2D eigenvalue weighted by Crippen LogP contribution is 2.35. The second-order valence-corrected chi connectivity index (χ2v) is 7.44. The smallest absolute Gasteiger partial charge is 0.162 e. The Hall–Kier alpha value is -2.48. The molecule has 26 heavy (non-hydrogen) atoms. The van der Waals surface area contributed by atoms with Gasteiger partial charge >= 0.3 is 0 Å². The van der Waals surface area contributed by atoms with Gasteiger partial charge < -0.3 is 19.7 Å². The monoisotopic (exact) mass is 366 g/mol. The molecule has 6 nitrogen and oxygen atoms in total. The average molecular weight is 366 g/mol. The zero-order valence-electron chi connectivity index (χ0n) is 14.1. The quantitative estimate of drug-likeness (QED) is 0.583. The van der Waals surface area contributed by atoms with Crippen LogP contribution in [0.3, 0.4) is 0 Å². The molecule has 4 aromatic rings. The van der Waals surface area contributed by atoms with Crippen molar-refractivity contribution in [3.05, 3.63) is 41.4 Å². The molecule has 0 radical (unpaired) electrons. The van der Waals surface area contributed by atoms with E-state index in [1.807, 2.05) is 18.3 Å². The molecule has 0 saturated carbocycles. The molecule has 0 aliphatic carbocycles. The van der Waals surface area contributed by atoms with Crippen LogP contribution in [0.5, 0.6) is 0 Å². The molecule has 1 saturated heterocycles. The van der Waals surface area contributed by atoms with Gasteiger partial charge in [0.2, 0.25) is 0 Å². The second-order valence-electron chi connectivity index (χ2n) is 6.30. The molecular weight excluding hydrogens is 348 g/mol. The normalized spacial score (nSPS) is 15.2. The first kappa shape index (κ1) is 15.7. The molecule has 0 atom stereocenters. The summed E-state index contributed by atoms with van der Waals surface area (Å²) in [5.74, 6) is 1.65. The van der Waals surface area contributed by atoms with Crippen molar-refractivity contribution in [2.45, 2.75) is 6.61 Å². The van der Waals surface area contributed by atoms with E-state index in [-0.39, 0.29) is 6.61 Å². The van der Waals surface area contributed by atoms with Gasteiger partial charge in [-0.2, -0.15) is 0 Å². The van der Waals surface area contributed by atoms with Crippen molar-refractivity contribution in [1.82, 2.24) is 15.0 Å². The fourth-order valence-corrected chi connectivity index (χ4v) is 4.40. The molecule has 4 heterocycles. The third-order valence-electron chi connectivity index (χ3n) is 4.71. The molecule has 0 spiro atoms. The number of rotatable bonds is 3. The van der Waals surface area contributed by atoms with Crippen molar-refractivity contribution >= 4 is 38.3 Å². The number of hydrogen-bond acceptors (Lipinski definition) is 6. The van der Waals surface area contributed by atoms with Crippen LogP contribution in [0.1, 0.15) is 4.88 Å². The van der Waals surface area contributed by atoms with E-state index >= 15 is 0 Å². The van der Waals surface area contributed by atoms with Crippen LogP contribution in [0.15, 0.2) is 36.5 Å². The molecule has 3 aromatic heterocycles. The van der Waals surface area contributed by atoms with Crippen LogP contribution in [0.25, 0.3) is 32.5 Å². The van der Waals surface area contributed by atoms with Gasteiger partial charge in [0.15, 0.2) is 11.6 Å². The predicted octanol–water partition coefficient (Wildman–Crippen LogP) is 3.17. The van der Waals surface area contributed by atoms with E-state index in [0.717, 1.165) is 50.5 Å². The lowest BCUT2D eigenvalue weighted by Gasteiger charge is -2.28. The minimum absolute atomic E-state index is 0.0201. The third-order valence-corrected chi connectivity index (χ3v) is 5.81. The highest BCUT2D eigenvalue weighted by Gasteiger charge is 2.20. The van der Waals surface area contributed by atoms with Gasteiger partial charge in [0.1, 0.15) is 0 Å². The molecular formula is C19H18N4O2S. The van der Waals surface area contributed by atoms with Crippen LogP contribution in [-0.2, 0) is 11.3 Å². The minimum Gasteiger partial charge on any atom is -0.391 e. The summed E-state index contributed by atoms with van der Waals surface area (Å²) in [6.07, 6.45) is 1.93. The SMILES string of the molecule is OCc1cc2nc(-c3cccc4[nH]ccc34)nc(N3CCOCC3)c2s1. The van der Waals surface area contributed by atoms with Crippen LogP contribution >= 0.6 is 11.3 Å². The van der Waals surface area contributed by atoms with Crippen LogP contribution < -0.4 is 4.90 Å². The maximum Gasteiger partial charge on any atom is 0.162 e. The van der Waals surface area contributed by atoms with Crippen molar-refractivity contribution < 1.29 is 9.84 Å². The first-order chi connectivity index (χ1) is 12.8. The molecule has 7 heteroatoms. The van der Waals surface area contributed by atoms with E-state index in [1.165, 1.54) is 0 Å². The fourth-order valence-electron chi connectivity index (χ4n) is 3.43. The van der Waals surface area contributed by atoms with Gasteiger partial charge in [-0.1, -0.05) is 12.1 Å². The third kappa shape index (κ3) is 2.56. The topological polar surface area (TPSA) is 74.3 Å². The Bertz CT molecular complexity index is 1080. The number of aliphatic hydroxyl groups is 1. The number of hydrogen-bond donors (Lipinski definition) is 2. The number of morpholine rings is 1. The van der Waals surface area contributed by atoms with Gasteiger partial charge in [-0.3, -0.25) is 0 Å². The fraction of sp³-hybridized carbons (Fsp3) is 0.263. The molecule has 2 N–H and O–H groups in total. The summed E-state index contributed by atoms with van der Waals surface area (Å²) in [6.45, 7) is 3.05. The van der Waals surface area contributed by atoms with Crippen LogP contribution in [-0.4, -0.2) is 46.4 Å². The maximum absolute atomic E-state index is 9.56. The number of benzene rings is 1. The average Bonchev–Trinajstić information content (AvgIpc) is 3.34. The first-order valence-corrected chi connectivity index (χ1v) is 9.45. The van der Waals surface area contributed by atoms with E-state index < -0.39 is 0 Å². The Balaban J connectivity index is 1.74. The molecule has 0 unspecified atom stereocenters. The van der Waals surface area contributed by atoms with Gasteiger partial charge in [-0.25, -0.2) is 9.97 Å². The molecule has 0 bridgehead atoms. The van der Waals surface area contributed by atoms with Gasteiger partial charge in [0.05, 0.1) is 30.0 Å². The van der Waals surface area contributed by atoms with Crippen LogP contribution in [0, 0.1) is 0 Å². The highest BCUT2D eigenvalue weighted by atomic mass is 32.1. The number of anilines is 1. The van der Waals surface area contributed by atoms with E-state index in [0.29, 0.717) is 19.0 Å². The lowest BCUT2D eigenvalue weighted by Crippen LogP contribution is -2.36. The predicted molar refractivity (Wildman–Crippen MR) is 104 cm³/mol. The van der Waals surface area contributed by atoms with Crippen molar-refractivity contribution in [2.24, 2.45) is 0 Å². The summed E-state index contributed by atoms with van der Waals surface area (Å²) in [4.78, 5) is 16.2. The number of nitrogens with one attached hydrogen (secondary N) is 1. The molecule has 0 amide bonds. The van der Waals surface area contributed by atoms with Crippen LogP contribution in [0.4, 0.5) is 5.82 Å². The summed E-state index contributed by atoms with van der Waals surface area (Å²) in [5.41, 5.74) is 2.97. The maximum atomic E-state index is 9.56. The molecule has 1 fully saturated rings. The zero-order chi connectivity index (χ0) is 17.5. The summed E-state index contributed by atoms with van der Waals surface area (Å²) < 4.78 is 6.52. The number of ether oxygens (including phenoxy) is 1. The van der Waals surface area contributed by atoms with Crippen molar-refractivity contribution in [3.8, 4) is 11.4 Å². The second kappa shape index (κ2) is 6.35. The van der Waals surface area contributed by atoms with Crippen molar-refractivity contribution in [3.63, 3.8) is 0 Å². The van der Waals surface area contributed by atoms with Crippen molar-refractivity contribution in [2.75, 3.05) is 31.2 Å². The molecule has 132 valence electrons. The Kier molecular flexibility index (Phi) is 3.85. The Labute approximate surface area is 154 Å². The van der Waals surface area contributed by atoms with Gasteiger partial charge in [0, 0.05) is 40.6 Å².